The summed E-state index contributed by atoms with van der Waals surface area (Å²) in [5.41, 5.74) is 4.23. The minimum absolute atomic E-state index is 0.00306. The highest BCUT2D eigenvalue weighted by Crippen LogP contribution is 2.39. The summed E-state index contributed by atoms with van der Waals surface area (Å²) in [5, 5.41) is 0. The number of fused-ring (bicyclic) bond motifs is 1. The molecule has 108 valence electrons. The van der Waals surface area contributed by atoms with Crippen molar-refractivity contribution in [2.45, 2.75) is 19.9 Å². The van der Waals surface area contributed by atoms with E-state index in [0.29, 0.717) is 6.54 Å². The van der Waals surface area contributed by atoms with Gasteiger partial charge in [-0.15, -0.1) is 0 Å². The van der Waals surface area contributed by atoms with Gasteiger partial charge in [0, 0.05) is 12.1 Å². The van der Waals surface area contributed by atoms with Crippen LogP contribution in [0.1, 0.15) is 40.0 Å². The van der Waals surface area contributed by atoms with Gasteiger partial charge in [0.05, 0.1) is 13.2 Å². The Balaban J connectivity index is 2.11. The number of hydrogen-bond acceptors (Lipinski definition) is 2. The fourth-order valence-electron chi connectivity index (χ4n) is 3.01. The normalized spacial score (nSPS) is 17.0. The number of amides is 1. The molecule has 21 heavy (non-hydrogen) atoms. The number of ether oxygens (including phenoxy) is 1. The number of carbonyl (C=O) groups excluding carboxylic acids is 1. The zero-order valence-corrected chi connectivity index (χ0v) is 12.6. The lowest BCUT2D eigenvalue weighted by Gasteiger charge is -2.24. The van der Waals surface area contributed by atoms with Crippen molar-refractivity contribution in [2.75, 3.05) is 13.7 Å². The molecule has 1 aliphatic heterocycles. The minimum Gasteiger partial charge on any atom is -0.497 e. The standard InChI is InChI=1S/C18H19NO2/c1-4-19-17(13-6-8-14(21-3)9-7-13)16-11-12(2)5-10-15(16)18(19)20/h5-11,17H,4H2,1-3H3. The zero-order valence-electron chi connectivity index (χ0n) is 12.6. The van der Waals surface area contributed by atoms with Crippen LogP contribution >= 0.6 is 0 Å². The van der Waals surface area contributed by atoms with Crippen LogP contribution in [-0.2, 0) is 0 Å². The fraction of sp³-hybridized carbons (Fsp3) is 0.278. The average Bonchev–Trinajstić information content (AvgIpc) is 2.79. The number of aryl methyl sites for hydroxylation is 1. The third-order valence-electron chi connectivity index (χ3n) is 4.08. The average molecular weight is 281 g/mol. The molecular formula is C18H19NO2. The number of rotatable bonds is 3. The molecule has 1 unspecified atom stereocenters. The molecule has 1 amide bonds. The Labute approximate surface area is 125 Å². The molecule has 2 aromatic carbocycles. The van der Waals surface area contributed by atoms with Crippen molar-refractivity contribution in [3.05, 3.63) is 64.7 Å². The Morgan fingerprint density at radius 1 is 1.14 bits per heavy atom. The molecule has 0 saturated heterocycles. The minimum atomic E-state index is 0.00306. The second-order valence-corrected chi connectivity index (χ2v) is 5.36. The predicted molar refractivity (Wildman–Crippen MR) is 82.7 cm³/mol. The van der Waals surface area contributed by atoms with E-state index in [-0.39, 0.29) is 11.9 Å². The van der Waals surface area contributed by atoms with E-state index >= 15 is 0 Å². The second kappa shape index (κ2) is 5.24. The van der Waals surface area contributed by atoms with Crippen LogP contribution < -0.4 is 4.74 Å². The molecule has 3 rings (SSSR count). The highest BCUT2D eigenvalue weighted by molar-refractivity contribution is 5.99. The SMILES string of the molecule is CCN1C(=O)c2ccc(C)cc2C1c1ccc(OC)cc1. The van der Waals surface area contributed by atoms with Crippen LogP contribution in [0.3, 0.4) is 0 Å². The first-order chi connectivity index (χ1) is 10.2. The topological polar surface area (TPSA) is 29.5 Å². The van der Waals surface area contributed by atoms with Crippen LogP contribution in [0, 0.1) is 6.92 Å². The lowest BCUT2D eigenvalue weighted by atomic mass is 9.96. The maximum Gasteiger partial charge on any atom is 0.254 e. The molecule has 0 fully saturated rings. The highest BCUT2D eigenvalue weighted by Gasteiger charge is 2.36. The molecule has 2 aromatic rings. The summed E-state index contributed by atoms with van der Waals surface area (Å²) in [7, 11) is 1.66. The molecule has 0 aliphatic carbocycles. The van der Waals surface area contributed by atoms with E-state index in [1.54, 1.807) is 7.11 Å². The maximum absolute atomic E-state index is 12.5. The van der Waals surface area contributed by atoms with Gasteiger partial charge in [-0.2, -0.15) is 0 Å². The third kappa shape index (κ3) is 2.19. The van der Waals surface area contributed by atoms with Crippen LogP contribution in [0.2, 0.25) is 0 Å². The Hall–Kier alpha value is -2.29. The molecule has 0 bridgehead atoms. The van der Waals surface area contributed by atoms with Crippen LogP contribution in [0.4, 0.5) is 0 Å². The fourth-order valence-corrected chi connectivity index (χ4v) is 3.01. The van der Waals surface area contributed by atoms with E-state index in [9.17, 15) is 4.79 Å². The summed E-state index contributed by atoms with van der Waals surface area (Å²) in [6.07, 6.45) is 0. The van der Waals surface area contributed by atoms with Gasteiger partial charge in [0.1, 0.15) is 5.75 Å². The van der Waals surface area contributed by atoms with Crippen molar-refractivity contribution in [3.63, 3.8) is 0 Å². The number of methoxy groups -OCH3 is 1. The number of carbonyl (C=O) groups is 1. The van der Waals surface area contributed by atoms with Crippen molar-refractivity contribution in [1.82, 2.24) is 4.90 Å². The van der Waals surface area contributed by atoms with Crippen molar-refractivity contribution < 1.29 is 9.53 Å². The molecule has 0 radical (unpaired) electrons. The first kappa shape index (κ1) is 13.7. The van der Waals surface area contributed by atoms with Gasteiger partial charge in [-0.05, 0) is 43.2 Å². The van der Waals surface area contributed by atoms with E-state index in [4.69, 9.17) is 4.74 Å². The molecular weight excluding hydrogens is 262 g/mol. The Morgan fingerprint density at radius 2 is 1.86 bits per heavy atom. The van der Waals surface area contributed by atoms with Gasteiger partial charge < -0.3 is 9.64 Å². The van der Waals surface area contributed by atoms with Gasteiger partial charge in [0.25, 0.3) is 5.91 Å². The van der Waals surface area contributed by atoms with E-state index in [1.807, 2.05) is 48.2 Å². The summed E-state index contributed by atoms with van der Waals surface area (Å²) in [4.78, 5) is 14.5. The van der Waals surface area contributed by atoms with Gasteiger partial charge in [-0.25, -0.2) is 0 Å². The third-order valence-corrected chi connectivity index (χ3v) is 4.08. The highest BCUT2D eigenvalue weighted by atomic mass is 16.5. The Kier molecular flexibility index (Phi) is 3.42. The van der Waals surface area contributed by atoms with Gasteiger partial charge in [-0.3, -0.25) is 4.79 Å². The summed E-state index contributed by atoms with van der Waals surface area (Å²) in [5.74, 6) is 0.948. The molecule has 3 nitrogen and oxygen atoms in total. The molecule has 0 saturated carbocycles. The van der Waals surface area contributed by atoms with E-state index in [0.717, 1.165) is 22.4 Å². The van der Waals surface area contributed by atoms with E-state index < -0.39 is 0 Å². The van der Waals surface area contributed by atoms with Crippen LogP contribution in [0.25, 0.3) is 0 Å². The lowest BCUT2D eigenvalue weighted by molar-refractivity contribution is 0.0759. The molecule has 1 aliphatic rings. The quantitative estimate of drug-likeness (QED) is 0.860. The van der Waals surface area contributed by atoms with Crippen LogP contribution in [0.15, 0.2) is 42.5 Å². The largest absolute Gasteiger partial charge is 0.497 e. The van der Waals surface area contributed by atoms with Gasteiger partial charge >= 0.3 is 0 Å². The summed E-state index contributed by atoms with van der Waals surface area (Å²) >= 11 is 0. The van der Waals surface area contributed by atoms with E-state index in [2.05, 4.69) is 13.0 Å². The second-order valence-electron chi connectivity index (χ2n) is 5.36. The lowest BCUT2D eigenvalue weighted by Crippen LogP contribution is -2.28. The first-order valence-electron chi connectivity index (χ1n) is 7.21. The Morgan fingerprint density at radius 3 is 2.48 bits per heavy atom. The molecule has 0 aromatic heterocycles. The number of hydrogen-bond donors (Lipinski definition) is 0. The zero-order chi connectivity index (χ0) is 15.0. The first-order valence-corrected chi connectivity index (χ1v) is 7.21. The summed E-state index contributed by atoms with van der Waals surface area (Å²) in [6, 6.07) is 14.0. The smallest absolute Gasteiger partial charge is 0.254 e. The van der Waals surface area contributed by atoms with Crippen molar-refractivity contribution in [2.24, 2.45) is 0 Å². The van der Waals surface area contributed by atoms with Gasteiger partial charge in [-0.1, -0.05) is 29.8 Å². The summed E-state index contributed by atoms with van der Waals surface area (Å²) < 4.78 is 5.21. The van der Waals surface area contributed by atoms with E-state index in [1.165, 1.54) is 5.56 Å². The Bertz CT molecular complexity index is 676. The maximum atomic E-state index is 12.5. The number of benzene rings is 2. The molecule has 0 spiro atoms. The summed E-state index contributed by atoms with van der Waals surface area (Å²) in [6.45, 7) is 4.78. The monoisotopic (exact) mass is 281 g/mol. The van der Waals surface area contributed by atoms with Gasteiger partial charge in [0.15, 0.2) is 0 Å². The van der Waals surface area contributed by atoms with Crippen LogP contribution in [-0.4, -0.2) is 24.5 Å². The van der Waals surface area contributed by atoms with Crippen LogP contribution in [0.5, 0.6) is 5.75 Å². The van der Waals surface area contributed by atoms with Gasteiger partial charge in [0.2, 0.25) is 0 Å². The molecule has 3 heteroatoms. The number of nitrogens with zero attached hydrogens (tertiary/aromatic N) is 1. The molecule has 1 atom stereocenters. The van der Waals surface area contributed by atoms with Crippen molar-refractivity contribution in [1.29, 1.82) is 0 Å². The van der Waals surface area contributed by atoms with Crippen molar-refractivity contribution >= 4 is 5.91 Å². The van der Waals surface area contributed by atoms with Crippen molar-refractivity contribution in [3.8, 4) is 5.75 Å². The predicted octanol–water partition coefficient (Wildman–Crippen LogP) is 3.57. The molecule has 1 heterocycles. The molecule has 0 N–H and O–H groups in total.